The van der Waals surface area contributed by atoms with Gasteiger partial charge in [0.05, 0.1) is 19.0 Å². The molecule has 0 fully saturated rings. The lowest BCUT2D eigenvalue weighted by molar-refractivity contribution is 0.0602. The molecule has 0 aliphatic rings. The van der Waals surface area contributed by atoms with E-state index in [9.17, 15) is 4.79 Å². The number of carbonyl (C=O) groups excluding carboxylic acids is 1. The second-order valence-corrected chi connectivity index (χ2v) is 3.73. The van der Waals surface area contributed by atoms with Gasteiger partial charge in [-0.15, -0.1) is 11.3 Å². The molecule has 1 heterocycles. The van der Waals surface area contributed by atoms with Gasteiger partial charge in [0.25, 0.3) is 0 Å². The maximum Gasteiger partial charge on any atom is 0.340 e. The Morgan fingerprint density at radius 1 is 1.64 bits per heavy atom. The Labute approximate surface area is 86.8 Å². The third-order valence-corrected chi connectivity index (χ3v) is 2.28. The van der Waals surface area contributed by atoms with E-state index in [2.05, 4.69) is 9.73 Å². The minimum atomic E-state index is -0.350. The predicted octanol–water partition coefficient (Wildman–Crippen LogP) is 1.76. The zero-order valence-corrected chi connectivity index (χ0v) is 9.17. The van der Waals surface area contributed by atoms with Gasteiger partial charge < -0.3 is 9.64 Å². The number of ether oxygens (including phenoxy) is 1. The van der Waals surface area contributed by atoms with E-state index < -0.39 is 0 Å². The van der Waals surface area contributed by atoms with Crippen LogP contribution in [0.3, 0.4) is 0 Å². The van der Waals surface area contributed by atoms with Crippen molar-refractivity contribution in [3.63, 3.8) is 0 Å². The summed E-state index contributed by atoms with van der Waals surface area (Å²) in [5.74, 6) is -0.350. The van der Waals surface area contributed by atoms with E-state index in [-0.39, 0.29) is 5.97 Å². The Morgan fingerprint density at radius 2 is 2.36 bits per heavy atom. The van der Waals surface area contributed by atoms with Gasteiger partial charge in [0.2, 0.25) is 0 Å². The Bertz CT molecular complexity index is 344. The van der Waals surface area contributed by atoms with Crippen molar-refractivity contribution in [2.24, 2.45) is 4.99 Å². The molecular weight excluding hydrogens is 200 g/mol. The molecule has 0 atom stereocenters. The van der Waals surface area contributed by atoms with E-state index in [0.717, 1.165) is 0 Å². The lowest BCUT2D eigenvalue weighted by Gasteiger charge is -2.02. The summed E-state index contributed by atoms with van der Waals surface area (Å²) in [5, 5.41) is 2.49. The molecule has 5 heteroatoms. The highest BCUT2D eigenvalue weighted by Gasteiger charge is 2.11. The first-order valence-corrected chi connectivity index (χ1v) is 4.89. The molecule has 4 nitrogen and oxygen atoms in total. The molecule has 0 radical (unpaired) electrons. The van der Waals surface area contributed by atoms with Gasteiger partial charge >= 0.3 is 5.97 Å². The summed E-state index contributed by atoms with van der Waals surface area (Å²) < 4.78 is 4.62. The van der Waals surface area contributed by atoms with Crippen LogP contribution in [0.4, 0.5) is 5.00 Å². The van der Waals surface area contributed by atoms with Crippen molar-refractivity contribution in [1.82, 2.24) is 4.90 Å². The SMILES string of the molecule is COC(=O)c1ccsc1N=CN(C)C. The predicted molar refractivity (Wildman–Crippen MR) is 57.5 cm³/mol. The fraction of sp³-hybridized carbons (Fsp3) is 0.333. The van der Waals surface area contributed by atoms with E-state index >= 15 is 0 Å². The Hall–Kier alpha value is -1.36. The number of esters is 1. The topological polar surface area (TPSA) is 41.9 Å². The molecule has 0 aliphatic heterocycles. The van der Waals surface area contributed by atoms with Crippen LogP contribution in [-0.4, -0.2) is 38.4 Å². The maximum absolute atomic E-state index is 11.2. The lowest BCUT2D eigenvalue weighted by Crippen LogP contribution is -2.07. The van der Waals surface area contributed by atoms with E-state index in [1.807, 2.05) is 19.5 Å². The Balaban J connectivity index is 2.88. The van der Waals surface area contributed by atoms with Crippen molar-refractivity contribution in [2.45, 2.75) is 0 Å². The number of nitrogens with zero attached hydrogens (tertiary/aromatic N) is 2. The zero-order chi connectivity index (χ0) is 10.6. The molecule has 0 N–H and O–H groups in total. The van der Waals surface area contributed by atoms with Crippen LogP contribution < -0.4 is 0 Å². The molecule has 0 saturated heterocycles. The van der Waals surface area contributed by atoms with Gasteiger partial charge in [-0.05, 0) is 11.4 Å². The van der Waals surface area contributed by atoms with Crippen LogP contribution in [0, 0.1) is 0 Å². The molecule has 1 rings (SSSR count). The maximum atomic E-state index is 11.2. The van der Waals surface area contributed by atoms with Crippen molar-refractivity contribution in [2.75, 3.05) is 21.2 Å². The highest BCUT2D eigenvalue weighted by atomic mass is 32.1. The second-order valence-electron chi connectivity index (χ2n) is 2.84. The Morgan fingerprint density at radius 3 is 2.93 bits per heavy atom. The first-order valence-electron chi connectivity index (χ1n) is 4.01. The monoisotopic (exact) mass is 212 g/mol. The summed E-state index contributed by atoms with van der Waals surface area (Å²) in [6.45, 7) is 0. The summed E-state index contributed by atoms with van der Waals surface area (Å²) >= 11 is 1.41. The van der Waals surface area contributed by atoms with E-state index in [4.69, 9.17) is 0 Å². The van der Waals surface area contributed by atoms with Gasteiger partial charge in [-0.1, -0.05) is 0 Å². The molecule has 0 saturated carbocycles. The molecule has 1 aromatic rings. The molecule has 1 aromatic heterocycles. The molecule has 0 unspecified atom stereocenters. The third-order valence-electron chi connectivity index (χ3n) is 1.46. The van der Waals surface area contributed by atoms with E-state index in [1.165, 1.54) is 18.4 Å². The van der Waals surface area contributed by atoms with Gasteiger partial charge in [0.1, 0.15) is 5.00 Å². The molecule has 0 bridgehead atoms. The van der Waals surface area contributed by atoms with Crippen molar-refractivity contribution >= 4 is 28.6 Å². The average molecular weight is 212 g/mol. The first-order chi connectivity index (χ1) is 6.65. The quantitative estimate of drug-likeness (QED) is 0.435. The molecular formula is C9H12N2O2S. The van der Waals surface area contributed by atoms with Gasteiger partial charge in [-0.3, -0.25) is 0 Å². The number of hydrogen-bond acceptors (Lipinski definition) is 4. The lowest BCUT2D eigenvalue weighted by atomic mass is 10.3. The first kappa shape index (κ1) is 10.7. The van der Waals surface area contributed by atoms with E-state index in [0.29, 0.717) is 10.6 Å². The molecule has 76 valence electrons. The smallest absolute Gasteiger partial charge is 0.340 e. The standard InChI is InChI=1S/C9H12N2O2S/c1-11(2)6-10-8-7(4-5-14-8)9(12)13-3/h4-6H,1-3H3. The van der Waals surface area contributed by atoms with Gasteiger partial charge in [0.15, 0.2) is 0 Å². The number of hydrogen-bond donors (Lipinski definition) is 0. The van der Waals surface area contributed by atoms with Crippen LogP contribution in [-0.2, 0) is 4.74 Å². The Kier molecular flexibility index (Phi) is 3.64. The fourth-order valence-electron chi connectivity index (χ4n) is 0.834. The zero-order valence-electron chi connectivity index (χ0n) is 8.35. The molecule has 0 spiro atoms. The van der Waals surface area contributed by atoms with Crippen LogP contribution >= 0.6 is 11.3 Å². The highest BCUT2D eigenvalue weighted by Crippen LogP contribution is 2.26. The normalized spacial score (nSPS) is 10.5. The summed E-state index contributed by atoms with van der Waals surface area (Å²) in [6.07, 6.45) is 1.65. The number of aliphatic imine (C=N–C) groups is 1. The van der Waals surface area contributed by atoms with Gasteiger partial charge in [-0.25, -0.2) is 9.79 Å². The fourth-order valence-corrected chi connectivity index (χ4v) is 1.55. The second kappa shape index (κ2) is 4.76. The van der Waals surface area contributed by atoms with Crippen molar-refractivity contribution in [1.29, 1.82) is 0 Å². The van der Waals surface area contributed by atoms with Crippen molar-refractivity contribution < 1.29 is 9.53 Å². The van der Waals surface area contributed by atoms with Crippen LogP contribution in [0.1, 0.15) is 10.4 Å². The highest BCUT2D eigenvalue weighted by molar-refractivity contribution is 7.14. The van der Waals surface area contributed by atoms with Crippen molar-refractivity contribution in [3.8, 4) is 0 Å². The van der Waals surface area contributed by atoms with Crippen LogP contribution in [0.15, 0.2) is 16.4 Å². The van der Waals surface area contributed by atoms with Crippen molar-refractivity contribution in [3.05, 3.63) is 17.0 Å². The average Bonchev–Trinajstić information content (AvgIpc) is 2.61. The summed E-state index contributed by atoms with van der Waals surface area (Å²) in [6, 6.07) is 1.71. The largest absolute Gasteiger partial charge is 0.465 e. The third kappa shape index (κ3) is 2.56. The van der Waals surface area contributed by atoms with Crippen LogP contribution in [0.5, 0.6) is 0 Å². The molecule has 0 aromatic carbocycles. The summed E-state index contributed by atoms with van der Waals surface area (Å²) in [7, 11) is 5.10. The number of rotatable bonds is 3. The minimum absolute atomic E-state index is 0.350. The van der Waals surface area contributed by atoms with Crippen LogP contribution in [0.25, 0.3) is 0 Å². The molecule has 0 aliphatic carbocycles. The summed E-state index contributed by atoms with van der Waals surface area (Å²) in [5.41, 5.74) is 0.510. The van der Waals surface area contributed by atoms with Gasteiger partial charge in [0, 0.05) is 14.1 Å². The number of thiophene rings is 1. The number of methoxy groups -OCH3 is 1. The number of carbonyl (C=O) groups is 1. The molecule has 0 amide bonds. The minimum Gasteiger partial charge on any atom is -0.465 e. The van der Waals surface area contributed by atoms with E-state index in [1.54, 1.807) is 17.3 Å². The molecule has 14 heavy (non-hydrogen) atoms. The van der Waals surface area contributed by atoms with Gasteiger partial charge in [-0.2, -0.15) is 0 Å². The van der Waals surface area contributed by atoms with Crippen LogP contribution in [0.2, 0.25) is 0 Å². The summed E-state index contributed by atoms with van der Waals surface area (Å²) in [4.78, 5) is 17.2.